The van der Waals surface area contributed by atoms with Crippen LogP contribution in [0.2, 0.25) is 0 Å². The van der Waals surface area contributed by atoms with E-state index < -0.39 is 52.1 Å². The van der Waals surface area contributed by atoms with Gasteiger partial charge in [0.25, 0.3) is 0 Å². The molecule has 0 aromatic carbocycles. The molecule has 2 aliphatic heterocycles. The van der Waals surface area contributed by atoms with Gasteiger partial charge in [0.1, 0.15) is 0 Å². The Balaban J connectivity index is 1.48. The van der Waals surface area contributed by atoms with Gasteiger partial charge in [0.05, 0.1) is 30.3 Å². The van der Waals surface area contributed by atoms with Crippen molar-refractivity contribution in [1.82, 2.24) is 0 Å². The van der Waals surface area contributed by atoms with Crippen LogP contribution >= 0.6 is 0 Å². The molecule has 7 atom stereocenters. The van der Waals surface area contributed by atoms with Gasteiger partial charge in [0.15, 0.2) is 6.17 Å². The maximum Gasteiger partial charge on any atom is 0.400 e. The van der Waals surface area contributed by atoms with Gasteiger partial charge in [-0.15, -0.1) is 0 Å². The second kappa shape index (κ2) is 7.41. The standard InChI is InChI=1S/C17H25F3O7S/c1-16(22)5-2-3-11(16)9-7-13-10(8-12(9)27-13)15(21)26-6-4-14(18)17(19,20)28(23,24)25/h9-14,22H,2-8H2,1H3,(H,23,24,25). The van der Waals surface area contributed by atoms with Gasteiger partial charge < -0.3 is 14.6 Å². The number of aliphatic hydroxyl groups is 1. The number of fused-ring (bicyclic) bond motifs is 2. The van der Waals surface area contributed by atoms with E-state index in [-0.39, 0.29) is 24.0 Å². The molecule has 2 saturated heterocycles. The van der Waals surface area contributed by atoms with Crippen molar-refractivity contribution in [1.29, 1.82) is 0 Å². The lowest BCUT2D eigenvalue weighted by Gasteiger charge is -2.35. The largest absolute Gasteiger partial charge is 0.465 e. The Morgan fingerprint density at radius 2 is 2.04 bits per heavy atom. The average molecular weight is 430 g/mol. The minimum absolute atomic E-state index is 0.106. The van der Waals surface area contributed by atoms with Crippen LogP contribution in [0.25, 0.3) is 0 Å². The van der Waals surface area contributed by atoms with Gasteiger partial charge in [-0.3, -0.25) is 9.35 Å². The average Bonchev–Trinajstić information content (AvgIpc) is 3.26. The Morgan fingerprint density at radius 3 is 2.54 bits per heavy atom. The first-order valence-electron chi connectivity index (χ1n) is 9.38. The van der Waals surface area contributed by atoms with Gasteiger partial charge in [0, 0.05) is 6.42 Å². The molecule has 11 heteroatoms. The molecule has 0 aromatic rings. The molecule has 162 valence electrons. The first-order chi connectivity index (χ1) is 12.8. The number of carbonyl (C=O) groups is 1. The molecule has 28 heavy (non-hydrogen) atoms. The summed E-state index contributed by atoms with van der Waals surface area (Å²) in [5.74, 6) is -1.04. The summed E-state index contributed by atoms with van der Waals surface area (Å²) in [6.07, 6.45) is -1.27. The summed E-state index contributed by atoms with van der Waals surface area (Å²) in [5, 5.41) is 5.55. The van der Waals surface area contributed by atoms with E-state index in [0.29, 0.717) is 12.8 Å². The molecule has 2 N–H and O–H groups in total. The lowest BCUT2D eigenvalue weighted by atomic mass is 9.71. The van der Waals surface area contributed by atoms with Crippen LogP contribution in [0.4, 0.5) is 13.2 Å². The van der Waals surface area contributed by atoms with E-state index >= 15 is 0 Å². The summed E-state index contributed by atoms with van der Waals surface area (Å²) in [7, 11) is -5.89. The number of carbonyl (C=O) groups excluding carboxylic acids is 1. The molecule has 3 rings (SSSR count). The Hall–Kier alpha value is -0.910. The van der Waals surface area contributed by atoms with Crippen molar-refractivity contribution in [3.63, 3.8) is 0 Å². The van der Waals surface area contributed by atoms with Crippen molar-refractivity contribution in [3.05, 3.63) is 0 Å². The fraction of sp³-hybridized carbons (Fsp3) is 0.941. The van der Waals surface area contributed by atoms with Gasteiger partial charge in [0.2, 0.25) is 0 Å². The van der Waals surface area contributed by atoms with Gasteiger partial charge in [-0.25, -0.2) is 4.39 Å². The molecule has 3 aliphatic rings. The van der Waals surface area contributed by atoms with Crippen molar-refractivity contribution in [2.75, 3.05) is 6.61 Å². The van der Waals surface area contributed by atoms with Gasteiger partial charge in [-0.2, -0.15) is 17.2 Å². The molecule has 3 fully saturated rings. The number of ether oxygens (including phenoxy) is 2. The first-order valence-corrected chi connectivity index (χ1v) is 10.8. The van der Waals surface area contributed by atoms with Crippen LogP contribution in [-0.4, -0.2) is 59.9 Å². The van der Waals surface area contributed by atoms with E-state index in [1.165, 1.54) is 0 Å². The molecule has 7 unspecified atom stereocenters. The van der Waals surface area contributed by atoms with Crippen LogP contribution in [0.1, 0.15) is 45.4 Å². The van der Waals surface area contributed by atoms with Gasteiger partial charge in [-0.1, -0.05) is 6.42 Å². The van der Waals surface area contributed by atoms with Crippen molar-refractivity contribution in [2.24, 2.45) is 17.8 Å². The minimum Gasteiger partial charge on any atom is -0.465 e. The van der Waals surface area contributed by atoms with Crippen LogP contribution in [0.3, 0.4) is 0 Å². The van der Waals surface area contributed by atoms with Crippen molar-refractivity contribution in [2.45, 2.75) is 74.7 Å². The molecular formula is C17H25F3O7S. The zero-order valence-corrected chi connectivity index (χ0v) is 16.2. The highest BCUT2D eigenvalue weighted by Gasteiger charge is 2.56. The Bertz CT molecular complexity index is 712. The second-order valence-corrected chi connectivity index (χ2v) is 9.77. The number of hydrogen-bond donors (Lipinski definition) is 2. The van der Waals surface area contributed by atoms with E-state index in [9.17, 15) is 31.5 Å². The normalized spacial score (nSPS) is 39.3. The zero-order valence-electron chi connectivity index (χ0n) is 15.4. The lowest BCUT2D eigenvalue weighted by molar-refractivity contribution is -0.151. The highest BCUT2D eigenvalue weighted by molar-refractivity contribution is 7.86. The summed E-state index contributed by atoms with van der Waals surface area (Å²) in [4.78, 5) is 12.2. The molecule has 7 nitrogen and oxygen atoms in total. The van der Waals surface area contributed by atoms with E-state index in [1.807, 2.05) is 6.92 Å². The highest BCUT2D eigenvalue weighted by Crippen LogP contribution is 2.52. The fourth-order valence-corrected chi connectivity index (χ4v) is 5.36. The SMILES string of the molecule is CC1(O)CCCC1C1CC2OC1CC2C(=O)OCCC(F)C(F)(F)S(=O)(=O)O. The summed E-state index contributed by atoms with van der Waals surface area (Å²) >= 11 is 0. The smallest absolute Gasteiger partial charge is 0.400 e. The van der Waals surface area contributed by atoms with Crippen LogP contribution in [0, 0.1) is 17.8 Å². The number of rotatable bonds is 7. The van der Waals surface area contributed by atoms with Crippen LogP contribution in [-0.2, 0) is 24.4 Å². The third-order valence-corrected chi connectivity index (χ3v) is 7.35. The Morgan fingerprint density at radius 1 is 1.36 bits per heavy atom. The van der Waals surface area contributed by atoms with E-state index in [2.05, 4.69) is 0 Å². The third kappa shape index (κ3) is 3.90. The molecule has 2 heterocycles. The van der Waals surface area contributed by atoms with E-state index in [1.54, 1.807) is 0 Å². The van der Waals surface area contributed by atoms with Crippen LogP contribution in [0.15, 0.2) is 0 Å². The highest BCUT2D eigenvalue weighted by atomic mass is 32.2. The summed E-state index contributed by atoms with van der Waals surface area (Å²) in [5.41, 5.74) is -0.747. The predicted molar refractivity (Wildman–Crippen MR) is 89.8 cm³/mol. The number of esters is 1. The van der Waals surface area contributed by atoms with Crippen LogP contribution < -0.4 is 0 Å². The monoisotopic (exact) mass is 430 g/mol. The maximum atomic E-state index is 13.4. The molecule has 0 amide bonds. The number of halogens is 3. The van der Waals surface area contributed by atoms with Crippen LogP contribution in [0.5, 0.6) is 0 Å². The molecule has 1 aliphatic carbocycles. The summed E-state index contributed by atoms with van der Waals surface area (Å²) in [6.45, 7) is 1.08. The van der Waals surface area contributed by atoms with E-state index in [0.717, 1.165) is 19.3 Å². The zero-order chi connectivity index (χ0) is 20.9. The predicted octanol–water partition coefficient (Wildman–Crippen LogP) is 2.08. The quantitative estimate of drug-likeness (QED) is 0.470. The van der Waals surface area contributed by atoms with Crippen molar-refractivity contribution >= 4 is 16.1 Å². The molecule has 0 aromatic heterocycles. The molecule has 0 spiro atoms. The Kier molecular flexibility index (Phi) is 5.76. The van der Waals surface area contributed by atoms with Crippen molar-refractivity contribution in [3.8, 4) is 0 Å². The maximum absolute atomic E-state index is 13.4. The summed E-state index contributed by atoms with van der Waals surface area (Å²) < 4.78 is 79.7. The molecular weight excluding hydrogens is 405 g/mol. The van der Waals surface area contributed by atoms with Gasteiger partial charge in [-0.05, 0) is 44.4 Å². The van der Waals surface area contributed by atoms with Gasteiger partial charge >= 0.3 is 21.3 Å². The third-order valence-electron chi connectivity index (χ3n) is 6.41. The first kappa shape index (κ1) is 21.8. The molecule has 2 bridgehead atoms. The molecule has 0 radical (unpaired) electrons. The van der Waals surface area contributed by atoms with E-state index in [4.69, 9.17) is 14.0 Å². The van der Waals surface area contributed by atoms with Crippen molar-refractivity contribution < 1.29 is 45.5 Å². The lowest BCUT2D eigenvalue weighted by Crippen LogP contribution is -2.41. The minimum atomic E-state index is -5.89. The number of alkyl halides is 3. The Labute approximate surface area is 161 Å². The topological polar surface area (TPSA) is 110 Å². The fourth-order valence-electron chi connectivity index (χ4n) is 4.92. The summed E-state index contributed by atoms with van der Waals surface area (Å²) in [6, 6.07) is 0. The molecule has 1 saturated carbocycles. The second-order valence-electron chi connectivity index (χ2n) is 8.27. The number of hydrogen-bond acceptors (Lipinski definition) is 6.